The zero-order valence-electron chi connectivity index (χ0n) is 17.4. The largest absolute Gasteiger partial charge is 0.376 e. The van der Waals surface area contributed by atoms with Gasteiger partial charge in [0.15, 0.2) is 15.0 Å². The van der Waals surface area contributed by atoms with Crippen molar-refractivity contribution in [3.63, 3.8) is 0 Å². The van der Waals surface area contributed by atoms with Crippen LogP contribution in [0.1, 0.15) is 18.4 Å². The fourth-order valence-corrected chi connectivity index (χ4v) is 5.71. The highest BCUT2D eigenvalue weighted by Crippen LogP contribution is 2.32. The number of anilines is 1. The summed E-state index contributed by atoms with van der Waals surface area (Å²) in [5.74, 6) is -0.0771. The Morgan fingerprint density at radius 1 is 1.26 bits per heavy atom. The molecule has 3 aromatic rings. The van der Waals surface area contributed by atoms with Gasteiger partial charge in [-0.1, -0.05) is 23.5 Å². The highest BCUT2D eigenvalue weighted by molar-refractivity contribution is 7.98. The van der Waals surface area contributed by atoms with E-state index in [1.165, 1.54) is 17.6 Å². The third-order valence-corrected chi connectivity index (χ3v) is 8.13. The molecule has 0 aliphatic carbocycles. The van der Waals surface area contributed by atoms with Gasteiger partial charge < -0.3 is 4.74 Å². The van der Waals surface area contributed by atoms with E-state index >= 15 is 0 Å². The molecule has 1 amide bonds. The fourth-order valence-electron chi connectivity index (χ4n) is 3.54. The number of hydrogen-bond acceptors (Lipinski definition) is 7. The Labute approximate surface area is 190 Å². The van der Waals surface area contributed by atoms with Gasteiger partial charge in [-0.2, -0.15) is 0 Å². The van der Waals surface area contributed by atoms with Crippen LogP contribution in [0.15, 0.2) is 52.3 Å². The van der Waals surface area contributed by atoms with E-state index < -0.39 is 9.84 Å². The van der Waals surface area contributed by atoms with Gasteiger partial charge >= 0.3 is 0 Å². The average Bonchev–Trinajstić information content (AvgIpc) is 3.40. The van der Waals surface area contributed by atoms with Crippen LogP contribution in [0, 0.1) is 0 Å². The third kappa shape index (κ3) is 5.28. The van der Waals surface area contributed by atoms with Gasteiger partial charge in [0, 0.05) is 17.8 Å². The van der Waals surface area contributed by atoms with Crippen LogP contribution < -0.4 is 4.90 Å². The van der Waals surface area contributed by atoms with E-state index in [1.807, 2.05) is 18.4 Å². The molecule has 1 atom stereocenters. The minimum atomic E-state index is -3.27. The van der Waals surface area contributed by atoms with Gasteiger partial charge in [0.25, 0.3) is 0 Å². The van der Waals surface area contributed by atoms with Crippen molar-refractivity contribution in [2.45, 2.75) is 35.2 Å². The molecule has 4 rings (SSSR count). The molecule has 164 valence electrons. The number of sulfone groups is 1. The Kier molecular flexibility index (Phi) is 6.66. The van der Waals surface area contributed by atoms with Crippen molar-refractivity contribution in [2.75, 3.05) is 30.6 Å². The summed E-state index contributed by atoms with van der Waals surface area (Å²) in [7, 11) is -3.27. The molecule has 0 bridgehead atoms. The lowest BCUT2D eigenvalue weighted by atomic mass is 10.1. The van der Waals surface area contributed by atoms with E-state index in [-0.39, 0.29) is 23.3 Å². The van der Waals surface area contributed by atoms with Crippen molar-refractivity contribution >= 4 is 54.2 Å². The van der Waals surface area contributed by atoms with E-state index in [9.17, 15) is 13.2 Å². The van der Waals surface area contributed by atoms with Gasteiger partial charge in [-0.3, -0.25) is 9.69 Å². The monoisotopic (exact) mass is 476 g/mol. The molecule has 0 N–H and O–H groups in total. The van der Waals surface area contributed by atoms with Crippen molar-refractivity contribution in [1.82, 2.24) is 4.98 Å². The van der Waals surface area contributed by atoms with Gasteiger partial charge in [0.05, 0.1) is 34.2 Å². The highest BCUT2D eigenvalue weighted by atomic mass is 32.2. The van der Waals surface area contributed by atoms with Gasteiger partial charge in [0.1, 0.15) is 0 Å². The van der Waals surface area contributed by atoms with Crippen molar-refractivity contribution in [3.8, 4) is 0 Å². The summed E-state index contributed by atoms with van der Waals surface area (Å²) in [5, 5.41) is 0.668. The third-order valence-electron chi connectivity index (χ3n) is 5.23. The number of benzene rings is 2. The predicted octanol–water partition coefficient (Wildman–Crippen LogP) is 4.18. The second kappa shape index (κ2) is 9.28. The lowest BCUT2D eigenvalue weighted by Gasteiger charge is -2.23. The van der Waals surface area contributed by atoms with Gasteiger partial charge in [-0.15, -0.1) is 11.8 Å². The number of rotatable bonds is 7. The molecule has 2 aromatic carbocycles. The molecule has 6 nitrogen and oxygen atoms in total. The summed E-state index contributed by atoms with van der Waals surface area (Å²) in [6.45, 7) is 1.19. The van der Waals surface area contributed by atoms with Crippen molar-refractivity contribution < 1.29 is 17.9 Å². The average molecular weight is 477 g/mol. The molecular weight excluding hydrogens is 452 g/mol. The van der Waals surface area contributed by atoms with E-state index in [0.717, 1.165) is 40.1 Å². The first-order valence-corrected chi connectivity index (χ1v) is 13.9. The maximum absolute atomic E-state index is 13.3. The van der Waals surface area contributed by atoms with Crippen LogP contribution in [0.2, 0.25) is 0 Å². The van der Waals surface area contributed by atoms with E-state index in [1.54, 1.807) is 40.9 Å². The smallest absolute Gasteiger partial charge is 0.233 e. The minimum absolute atomic E-state index is 0.00494. The number of carbonyl (C=O) groups excluding carboxylic acids is 1. The second-order valence-electron chi connectivity index (χ2n) is 7.56. The van der Waals surface area contributed by atoms with Crippen molar-refractivity contribution in [1.29, 1.82) is 0 Å². The van der Waals surface area contributed by atoms with Crippen LogP contribution in [0.5, 0.6) is 0 Å². The van der Waals surface area contributed by atoms with Crippen LogP contribution in [0.25, 0.3) is 10.2 Å². The van der Waals surface area contributed by atoms with Crippen LogP contribution >= 0.6 is 23.1 Å². The van der Waals surface area contributed by atoms with Crippen molar-refractivity contribution in [3.05, 3.63) is 48.0 Å². The normalized spacial score (nSPS) is 16.6. The van der Waals surface area contributed by atoms with Crippen LogP contribution in [0.4, 0.5) is 5.13 Å². The Hall–Kier alpha value is -1.94. The standard InChI is InChI=1S/C22H24N2O4S3/c1-29-17-7-10-19-20(13-17)30-22(23-19)24(14-16-4-3-11-28-16)21(25)12-15-5-8-18(9-6-15)31(2,26)27/h5-10,13,16H,3-4,11-12,14H2,1-2H3. The molecule has 1 aliphatic heterocycles. The molecule has 1 unspecified atom stereocenters. The van der Waals surface area contributed by atoms with E-state index in [2.05, 4.69) is 6.07 Å². The maximum Gasteiger partial charge on any atom is 0.233 e. The molecule has 0 radical (unpaired) electrons. The Morgan fingerprint density at radius 2 is 2.03 bits per heavy atom. The molecule has 1 aliphatic rings. The molecule has 9 heteroatoms. The van der Waals surface area contributed by atoms with Gasteiger partial charge in [-0.25, -0.2) is 13.4 Å². The van der Waals surface area contributed by atoms with Gasteiger partial charge in [-0.05, 0) is 55.0 Å². The predicted molar refractivity (Wildman–Crippen MR) is 126 cm³/mol. The molecule has 0 saturated carbocycles. The summed E-state index contributed by atoms with van der Waals surface area (Å²) in [6, 6.07) is 12.6. The minimum Gasteiger partial charge on any atom is -0.376 e. The van der Waals surface area contributed by atoms with Crippen LogP contribution in [0.3, 0.4) is 0 Å². The first-order chi connectivity index (χ1) is 14.8. The summed E-state index contributed by atoms with van der Waals surface area (Å²) >= 11 is 3.18. The lowest BCUT2D eigenvalue weighted by molar-refractivity contribution is -0.118. The first kappa shape index (κ1) is 22.3. The fraction of sp³-hybridized carbons (Fsp3) is 0.364. The SMILES string of the molecule is CSc1ccc2nc(N(CC3CCCO3)C(=O)Cc3ccc(S(C)(=O)=O)cc3)sc2c1. The second-order valence-corrected chi connectivity index (χ2v) is 11.5. The number of nitrogens with zero attached hydrogens (tertiary/aromatic N) is 2. The highest BCUT2D eigenvalue weighted by Gasteiger charge is 2.26. The molecule has 1 saturated heterocycles. The Morgan fingerprint density at radius 3 is 2.68 bits per heavy atom. The number of fused-ring (bicyclic) bond motifs is 1. The molecule has 31 heavy (non-hydrogen) atoms. The van der Waals surface area contributed by atoms with E-state index in [0.29, 0.717) is 11.7 Å². The zero-order chi connectivity index (χ0) is 22.0. The van der Waals surface area contributed by atoms with Crippen LogP contribution in [-0.4, -0.2) is 51.1 Å². The number of amides is 1. The Bertz CT molecular complexity index is 1180. The lowest BCUT2D eigenvalue weighted by Crippen LogP contribution is -2.38. The summed E-state index contributed by atoms with van der Waals surface area (Å²) in [4.78, 5) is 21.1. The van der Waals surface area contributed by atoms with Crippen molar-refractivity contribution in [2.24, 2.45) is 0 Å². The number of ether oxygens (including phenoxy) is 1. The molecular formula is C22H24N2O4S3. The molecule has 2 heterocycles. The molecule has 1 aromatic heterocycles. The summed E-state index contributed by atoms with van der Waals surface area (Å²) in [6.07, 6.45) is 5.30. The maximum atomic E-state index is 13.3. The topological polar surface area (TPSA) is 76.6 Å². The number of thioether (sulfide) groups is 1. The van der Waals surface area contributed by atoms with E-state index in [4.69, 9.17) is 9.72 Å². The van der Waals surface area contributed by atoms with Gasteiger partial charge in [0.2, 0.25) is 5.91 Å². The Balaban J connectivity index is 1.60. The zero-order valence-corrected chi connectivity index (χ0v) is 19.9. The quantitative estimate of drug-likeness (QED) is 0.476. The molecule has 0 spiro atoms. The van der Waals surface area contributed by atoms with Crippen LogP contribution in [-0.2, 0) is 25.8 Å². The summed E-state index contributed by atoms with van der Waals surface area (Å²) in [5.41, 5.74) is 1.64. The number of thiazole rings is 1. The molecule has 1 fully saturated rings. The number of aromatic nitrogens is 1. The first-order valence-electron chi connectivity index (χ1n) is 9.99. The number of hydrogen-bond donors (Lipinski definition) is 0. The summed E-state index contributed by atoms with van der Waals surface area (Å²) < 4.78 is 30.2. The number of carbonyl (C=O) groups is 1.